The summed E-state index contributed by atoms with van der Waals surface area (Å²) < 4.78 is 0. The van der Waals surface area contributed by atoms with Crippen LogP contribution in [0.3, 0.4) is 0 Å². The molecular formula is C19H29N3O2. The van der Waals surface area contributed by atoms with Crippen molar-refractivity contribution in [3.8, 4) is 0 Å². The summed E-state index contributed by atoms with van der Waals surface area (Å²) in [5.41, 5.74) is 0.945. The van der Waals surface area contributed by atoms with Crippen molar-refractivity contribution in [2.45, 2.75) is 59.0 Å². The number of hydrogen-bond acceptors (Lipinski definition) is 3. The van der Waals surface area contributed by atoms with Gasteiger partial charge in [-0.2, -0.15) is 0 Å². The lowest BCUT2D eigenvalue weighted by molar-refractivity contribution is -0.132. The maximum absolute atomic E-state index is 12.5. The summed E-state index contributed by atoms with van der Waals surface area (Å²) in [5.74, 6) is 0.695. The lowest BCUT2D eigenvalue weighted by atomic mass is 9.82. The van der Waals surface area contributed by atoms with Gasteiger partial charge in [0.05, 0.1) is 0 Å². The predicted molar refractivity (Wildman–Crippen MR) is 94.0 cm³/mol. The zero-order chi connectivity index (χ0) is 17.5. The van der Waals surface area contributed by atoms with Crippen LogP contribution in [0.1, 0.15) is 52.0 Å². The molecule has 1 aliphatic carbocycles. The van der Waals surface area contributed by atoms with Crippen molar-refractivity contribution in [1.29, 1.82) is 0 Å². The number of rotatable bonds is 6. The molecule has 1 heterocycles. The van der Waals surface area contributed by atoms with Gasteiger partial charge in [-0.3, -0.25) is 14.6 Å². The first-order valence-corrected chi connectivity index (χ1v) is 8.94. The van der Waals surface area contributed by atoms with Crippen LogP contribution in [-0.2, 0) is 16.1 Å². The molecule has 0 radical (unpaired) electrons. The van der Waals surface area contributed by atoms with Crippen molar-refractivity contribution in [1.82, 2.24) is 15.6 Å². The standard InChI is InChI=1S/C19H29N3O2/c1-13(2)17(19(24)21-12-15-5-4-10-20-11-15)22-18(23)16-8-6-14(3)7-9-16/h4-5,10-11,13-14,16-17H,6-9,12H2,1-3H3,(H,21,24)(H,22,23)/t14?,16?,17-/m1/s1. The molecule has 0 aromatic carbocycles. The highest BCUT2D eigenvalue weighted by Crippen LogP contribution is 2.28. The molecule has 0 spiro atoms. The first kappa shape index (κ1) is 18.4. The minimum absolute atomic E-state index is 0.0251. The Hall–Kier alpha value is -1.91. The highest BCUT2D eigenvalue weighted by molar-refractivity contribution is 5.88. The summed E-state index contributed by atoms with van der Waals surface area (Å²) in [6.07, 6.45) is 7.47. The maximum Gasteiger partial charge on any atom is 0.243 e. The van der Waals surface area contributed by atoms with Crippen LogP contribution in [-0.4, -0.2) is 22.8 Å². The fourth-order valence-electron chi connectivity index (χ4n) is 3.13. The molecule has 0 aliphatic heterocycles. The predicted octanol–water partition coefficient (Wildman–Crippen LogP) is 2.66. The molecule has 5 nitrogen and oxygen atoms in total. The van der Waals surface area contributed by atoms with Gasteiger partial charge in [0.25, 0.3) is 0 Å². The Morgan fingerprint density at radius 3 is 2.54 bits per heavy atom. The third-order valence-corrected chi connectivity index (χ3v) is 4.82. The van der Waals surface area contributed by atoms with Gasteiger partial charge in [0, 0.05) is 24.9 Å². The maximum atomic E-state index is 12.5. The molecule has 5 heteroatoms. The number of hydrogen-bond donors (Lipinski definition) is 2. The molecule has 2 N–H and O–H groups in total. The quantitative estimate of drug-likeness (QED) is 0.842. The summed E-state index contributed by atoms with van der Waals surface area (Å²) in [6.45, 7) is 6.57. The molecule has 1 aromatic heterocycles. The van der Waals surface area contributed by atoms with Gasteiger partial charge in [-0.05, 0) is 49.1 Å². The molecule has 1 fully saturated rings. The van der Waals surface area contributed by atoms with E-state index in [1.807, 2.05) is 26.0 Å². The molecule has 132 valence electrons. The number of nitrogens with one attached hydrogen (secondary N) is 2. The second kappa shape index (κ2) is 8.81. The van der Waals surface area contributed by atoms with Crippen LogP contribution in [0.2, 0.25) is 0 Å². The molecule has 1 saturated carbocycles. The fraction of sp³-hybridized carbons (Fsp3) is 0.632. The topological polar surface area (TPSA) is 71.1 Å². The zero-order valence-electron chi connectivity index (χ0n) is 14.9. The number of carbonyl (C=O) groups is 2. The summed E-state index contributed by atoms with van der Waals surface area (Å²) in [6, 6.07) is 3.26. The molecular weight excluding hydrogens is 302 g/mol. The van der Waals surface area contributed by atoms with Gasteiger partial charge < -0.3 is 10.6 Å². The molecule has 1 aliphatic rings. The highest BCUT2D eigenvalue weighted by atomic mass is 16.2. The van der Waals surface area contributed by atoms with Crippen molar-refractivity contribution in [3.05, 3.63) is 30.1 Å². The summed E-state index contributed by atoms with van der Waals surface area (Å²) in [7, 11) is 0. The Balaban J connectivity index is 1.88. The molecule has 1 aromatic rings. The van der Waals surface area contributed by atoms with Gasteiger partial charge in [0.15, 0.2) is 0 Å². The molecule has 1 atom stereocenters. The second-order valence-electron chi connectivity index (χ2n) is 7.27. The minimum atomic E-state index is -0.492. The first-order chi connectivity index (χ1) is 11.5. The van der Waals surface area contributed by atoms with Crippen molar-refractivity contribution in [2.24, 2.45) is 17.8 Å². The van der Waals surface area contributed by atoms with E-state index >= 15 is 0 Å². The number of amides is 2. The van der Waals surface area contributed by atoms with Gasteiger partial charge in [-0.15, -0.1) is 0 Å². The fourth-order valence-corrected chi connectivity index (χ4v) is 3.13. The third kappa shape index (κ3) is 5.32. The normalized spacial score (nSPS) is 22.0. The number of pyridine rings is 1. The van der Waals surface area contributed by atoms with Crippen LogP contribution in [0.4, 0.5) is 0 Å². The van der Waals surface area contributed by atoms with E-state index in [1.54, 1.807) is 12.4 Å². The average Bonchev–Trinajstić information content (AvgIpc) is 2.58. The molecule has 0 saturated heterocycles. The Kier molecular flexibility index (Phi) is 6.76. The van der Waals surface area contributed by atoms with Crippen LogP contribution in [0.5, 0.6) is 0 Å². The molecule has 0 bridgehead atoms. The van der Waals surface area contributed by atoms with Crippen molar-refractivity contribution in [2.75, 3.05) is 0 Å². The van der Waals surface area contributed by atoms with E-state index in [0.717, 1.165) is 31.2 Å². The van der Waals surface area contributed by atoms with Crippen molar-refractivity contribution < 1.29 is 9.59 Å². The summed E-state index contributed by atoms with van der Waals surface area (Å²) in [4.78, 5) is 29.0. The van der Waals surface area contributed by atoms with Gasteiger partial charge >= 0.3 is 0 Å². The molecule has 2 rings (SSSR count). The monoisotopic (exact) mass is 331 g/mol. The average molecular weight is 331 g/mol. The smallest absolute Gasteiger partial charge is 0.243 e. The van der Waals surface area contributed by atoms with E-state index in [-0.39, 0.29) is 23.7 Å². The summed E-state index contributed by atoms with van der Waals surface area (Å²) in [5, 5.41) is 5.87. The first-order valence-electron chi connectivity index (χ1n) is 8.94. The lowest BCUT2D eigenvalue weighted by Crippen LogP contribution is -2.51. The Bertz CT molecular complexity index is 537. The minimum Gasteiger partial charge on any atom is -0.350 e. The highest BCUT2D eigenvalue weighted by Gasteiger charge is 2.29. The van der Waals surface area contributed by atoms with Crippen molar-refractivity contribution in [3.63, 3.8) is 0 Å². The van der Waals surface area contributed by atoms with E-state index < -0.39 is 6.04 Å². The molecule has 0 unspecified atom stereocenters. The Morgan fingerprint density at radius 1 is 1.25 bits per heavy atom. The van der Waals surface area contributed by atoms with E-state index in [4.69, 9.17) is 0 Å². The largest absolute Gasteiger partial charge is 0.350 e. The van der Waals surface area contributed by atoms with E-state index in [9.17, 15) is 9.59 Å². The van der Waals surface area contributed by atoms with Gasteiger partial charge in [-0.1, -0.05) is 26.8 Å². The van der Waals surface area contributed by atoms with Gasteiger partial charge in [0.2, 0.25) is 11.8 Å². The van der Waals surface area contributed by atoms with E-state index in [1.165, 1.54) is 0 Å². The number of carbonyl (C=O) groups excluding carboxylic acids is 2. The number of nitrogens with zero attached hydrogens (tertiary/aromatic N) is 1. The van der Waals surface area contributed by atoms with Crippen LogP contribution in [0, 0.1) is 17.8 Å². The van der Waals surface area contributed by atoms with E-state index in [0.29, 0.717) is 12.5 Å². The van der Waals surface area contributed by atoms with Gasteiger partial charge in [-0.25, -0.2) is 0 Å². The summed E-state index contributed by atoms with van der Waals surface area (Å²) >= 11 is 0. The van der Waals surface area contributed by atoms with E-state index in [2.05, 4.69) is 22.5 Å². The van der Waals surface area contributed by atoms with Crippen LogP contribution < -0.4 is 10.6 Å². The molecule has 2 amide bonds. The van der Waals surface area contributed by atoms with Crippen LogP contribution in [0.15, 0.2) is 24.5 Å². The Morgan fingerprint density at radius 2 is 1.96 bits per heavy atom. The zero-order valence-corrected chi connectivity index (χ0v) is 14.9. The number of aromatic nitrogens is 1. The third-order valence-electron chi connectivity index (χ3n) is 4.82. The van der Waals surface area contributed by atoms with Crippen LogP contribution in [0.25, 0.3) is 0 Å². The Labute approximate surface area is 144 Å². The lowest BCUT2D eigenvalue weighted by Gasteiger charge is -2.28. The SMILES string of the molecule is CC1CCC(C(=O)N[C@@H](C(=O)NCc2cccnc2)C(C)C)CC1. The van der Waals surface area contributed by atoms with Crippen LogP contribution >= 0.6 is 0 Å². The second-order valence-corrected chi connectivity index (χ2v) is 7.27. The van der Waals surface area contributed by atoms with Crippen molar-refractivity contribution >= 4 is 11.8 Å². The molecule has 24 heavy (non-hydrogen) atoms. The van der Waals surface area contributed by atoms with Gasteiger partial charge in [0.1, 0.15) is 6.04 Å².